The molecule has 0 spiro atoms. The van der Waals surface area contributed by atoms with E-state index in [1.54, 1.807) is 6.08 Å². The van der Waals surface area contributed by atoms with Gasteiger partial charge in [-0.3, -0.25) is 13.8 Å². The topological polar surface area (TPSA) is 131 Å². The summed E-state index contributed by atoms with van der Waals surface area (Å²) in [7, 11) is -4.32. The third-order valence-corrected chi connectivity index (χ3v) is 9.51. The monoisotopic (exact) mass is 687 g/mol. The van der Waals surface area contributed by atoms with Crippen LogP contribution in [-0.2, 0) is 18.4 Å². The van der Waals surface area contributed by atoms with Crippen molar-refractivity contribution in [1.29, 1.82) is 0 Å². The molecule has 278 valence electrons. The molecule has 0 saturated carbocycles. The van der Waals surface area contributed by atoms with Crippen molar-refractivity contribution in [2.45, 2.75) is 193 Å². The van der Waals surface area contributed by atoms with Gasteiger partial charge < -0.3 is 21.1 Å². The Balaban J connectivity index is 4.04. The number of unbranched alkanes of at least 4 members (excludes halogenated alkanes) is 22. The van der Waals surface area contributed by atoms with Gasteiger partial charge in [0, 0.05) is 13.0 Å². The van der Waals surface area contributed by atoms with Gasteiger partial charge in [0.05, 0.1) is 25.4 Å². The maximum absolute atomic E-state index is 12.6. The molecule has 5 N–H and O–H groups in total. The molecule has 1 amide bonds. The highest BCUT2D eigenvalue weighted by Gasteiger charge is 2.26. The highest BCUT2D eigenvalue weighted by Crippen LogP contribution is 2.43. The van der Waals surface area contributed by atoms with Gasteiger partial charge in [-0.05, 0) is 44.9 Å². The van der Waals surface area contributed by atoms with E-state index in [1.807, 2.05) is 6.08 Å². The average molecular weight is 687 g/mol. The van der Waals surface area contributed by atoms with Gasteiger partial charge in [-0.2, -0.15) is 0 Å². The van der Waals surface area contributed by atoms with Gasteiger partial charge in [0.1, 0.15) is 0 Å². The first-order chi connectivity index (χ1) is 22.9. The summed E-state index contributed by atoms with van der Waals surface area (Å²) in [5.74, 6) is -0.199. The second-order valence-electron chi connectivity index (χ2n) is 13.1. The zero-order chi connectivity index (χ0) is 34.7. The Labute approximate surface area is 289 Å². The molecule has 8 nitrogen and oxygen atoms in total. The summed E-state index contributed by atoms with van der Waals surface area (Å²) in [5, 5.41) is 13.5. The van der Waals surface area contributed by atoms with E-state index >= 15 is 0 Å². The summed E-state index contributed by atoms with van der Waals surface area (Å²) >= 11 is 0. The summed E-state index contributed by atoms with van der Waals surface area (Å²) in [6.45, 7) is 4.06. The standard InChI is InChI=1S/C38H75N2O6P/c1-3-5-7-9-11-12-13-14-15-16-17-18-19-20-21-22-23-24-26-28-30-32-38(42)40-36(35-46-47(43,44)45-34-33-39)37(41)31-29-27-25-10-8-6-4-2/h14-15,29,31,36-37,41H,3-13,16-28,30,32-35,39H2,1-2H3,(H,40,42)(H,43,44)/b15-14-,31-29+/t36-,37+/m0/s1. The second kappa shape index (κ2) is 34.8. The van der Waals surface area contributed by atoms with E-state index in [2.05, 4.69) is 31.3 Å². The molecule has 0 heterocycles. The number of nitrogens with one attached hydrogen (secondary N) is 1. The number of allylic oxidation sites excluding steroid dienone is 3. The van der Waals surface area contributed by atoms with Crippen molar-refractivity contribution in [2.24, 2.45) is 5.73 Å². The van der Waals surface area contributed by atoms with Gasteiger partial charge >= 0.3 is 7.82 Å². The van der Waals surface area contributed by atoms with E-state index in [1.165, 1.54) is 122 Å². The molecule has 1 unspecified atom stereocenters. The number of rotatable bonds is 36. The zero-order valence-electron chi connectivity index (χ0n) is 30.5. The number of phosphoric acid groups is 1. The van der Waals surface area contributed by atoms with Crippen LogP contribution in [-0.4, -0.2) is 47.8 Å². The minimum atomic E-state index is -4.32. The van der Waals surface area contributed by atoms with E-state index in [0.717, 1.165) is 38.5 Å². The Morgan fingerprint density at radius 1 is 0.681 bits per heavy atom. The van der Waals surface area contributed by atoms with E-state index in [9.17, 15) is 19.4 Å². The number of carbonyl (C=O) groups is 1. The number of nitrogens with two attached hydrogens (primary N) is 1. The molecule has 0 radical (unpaired) electrons. The van der Waals surface area contributed by atoms with Crippen LogP contribution in [0.25, 0.3) is 0 Å². The lowest BCUT2D eigenvalue weighted by atomic mass is 10.0. The lowest BCUT2D eigenvalue weighted by Crippen LogP contribution is -2.45. The minimum Gasteiger partial charge on any atom is -0.387 e. The quantitative estimate of drug-likeness (QED) is 0.0293. The van der Waals surface area contributed by atoms with Crippen LogP contribution >= 0.6 is 7.82 Å². The van der Waals surface area contributed by atoms with Crippen LogP contribution < -0.4 is 11.1 Å². The third kappa shape index (κ3) is 33.3. The van der Waals surface area contributed by atoms with E-state index in [-0.39, 0.29) is 25.7 Å². The van der Waals surface area contributed by atoms with Crippen LogP contribution in [0.2, 0.25) is 0 Å². The van der Waals surface area contributed by atoms with E-state index < -0.39 is 20.0 Å². The summed E-state index contributed by atoms with van der Waals surface area (Å²) in [6, 6.07) is -0.854. The lowest BCUT2D eigenvalue weighted by molar-refractivity contribution is -0.123. The molecule has 0 aromatic rings. The number of hydrogen-bond acceptors (Lipinski definition) is 6. The van der Waals surface area contributed by atoms with Crippen molar-refractivity contribution in [2.75, 3.05) is 19.8 Å². The first-order valence-corrected chi connectivity index (χ1v) is 21.0. The number of hydrogen-bond donors (Lipinski definition) is 4. The van der Waals surface area contributed by atoms with Crippen molar-refractivity contribution in [3.8, 4) is 0 Å². The summed E-state index contributed by atoms with van der Waals surface area (Å²) in [4.78, 5) is 22.5. The Hall–Kier alpha value is -1.02. The third-order valence-electron chi connectivity index (χ3n) is 8.52. The van der Waals surface area contributed by atoms with Crippen LogP contribution in [0.15, 0.2) is 24.3 Å². The number of phosphoric ester groups is 1. The Bertz CT molecular complexity index is 794. The fraction of sp³-hybridized carbons (Fsp3) is 0.868. The molecule has 0 aromatic carbocycles. The van der Waals surface area contributed by atoms with Crippen molar-refractivity contribution >= 4 is 13.7 Å². The summed E-state index contributed by atoms with van der Waals surface area (Å²) in [6.07, 6.45) is 38.2. The van der Waals surface area contributed by atoms with Crippen LogP contribution in [0.1, 0.15) is 181 Å². The number of amides is 1. The summed E-state index contributed by atoms with van der Waals surface area (Å²) < 4.78 is 21.9. The minimum absolute atomic E-state index is 0.0787. The highest BCUT2D eigenvalue weighted by molar-refractivity contribution is 7.47. The maximum atomic E-state index is 12.6. The first-order valence-electron chi connectivity index (χ1n) is 19.5. The molecule has 9 heteroatoms. The first kappa shape index (κ1) is 46.0. The van der Waals surface area contributed by atoms with Crippen molar-refractivity contribution in [3.63, 3.8) is 0 Å². The van der Waals surface area contributed by atoms with Crippen molar-refractivity contribution in [1.82, 2.24) is 5.32 Å². The predicted molar refractivity (Wildman–Crippen MR) is 198 cm³/mol. The fourth-order valence-corrected chi connectivity index (χ4v) is 6.30. The Morgan fingerprint density at radius 3 is 1.57 bits per heavy atom. The van der Waals surface area contributed by atoms with Crippen LogP contribution in [0.5, 0.6) is 0 Å². The normalized spacial score (nSPS) is 14.6. The molecule has 0 bridgehead atoms. The van der Waals surface area contributed by atoms with E-state index in [0.29, 0.717) is 6.42 Å². The molecule has 0 fully saturated rings. The van der Waals surface area contributed by atoms with Crippen molar-refractivity contribution in [3.05, 3.63) is 24.3 Å². The number of aliphatic hydroxyl groups excluding tert-OH is 1. The van der Waals surface area contributed by atoms with Gasteiger partial charge in [0.25, 0.3) is 0 Å². The molecular weight excluding hydrogens is 611 g/mol. The smallest absolute Gasteiger partial charge is 0.387 e. The van der Waals surface area contributed by atoms with Crippen LogP contribution in [0.4, 0.5) is 0 Å². The zero-order valence-corrected chi connectivity index (χ0v) is 31.4. The highest BCUT2D eigenvalue weighted by atomic mass is 31.2. The lowest BCUT2D eigenvalue weighted by Gasteiger charge is -2.23. The summed E-state index contributed by atoms with van der Waals surface area (Å²) in [5.41, 5.74) is 5.34. The van der Waals surface area contributed by atoms with Gasteiger partial charge in [0.2, 0.25) is 5.91 Å². The van der Waals surface area contributed by atoms with Crippen LogP contribution in [0.3, 0.4) is 0 Å². The second-order valence-corrected chi connectivity index (χ2v) is 14.6. The van der Waals surface area contributed by atoms with E-state index in [4.69, 9.17) is 14.8 Å². The van der Waals surface area contributed by atoms with Gasteiger partial charge in [0.15, 0.2) is 0 Å². The molecule has 47 heavy (non-hydrogen) atoms. The Morgan fingerprint density at radius 2 is 1.11 bits per heavy atom. The molecule has 0 saturated heterocycles. The largest absolute Gasteiger partial charge is 0.472 e. The molecule has 0 aromatic heterocycles. The van der Waals surface area contributed by atoms with Gasteiger partial charge in [-0.15, -0.1) is 0 Å². The Kier molecular flexibility index (Phi) is 34.1. The molecule has 0 aliphatic rings. The number of aliphatic hydroxyl groups is 1. The average Bonchev–Trinajstić information content (AvgIpc) is 3.05. The van der Waals surface area contributed by atoms with Crippen molar-refractivity contribution < 1.29 is 28.4 Å². The maximum Gasteiger partial charge on any atom is 0.472 e. The molecule has 3 atom stereocenters. The fourth-order valence-electron chi connectivity index (χ4n) is 5.54. The van der Waals surface area contributed by atoms with Gasteiger partial charge in [-0.1, -0.05) is 154 Å². The van der Waals surface area contributed by atoms with Crippen LogP contribution in [0, 0.1) is 0 Å². The molecule has 0 rings (SSSR count). The molecule has 0 aliphatic heterocycles. The SMILES string of the molecule is CCCCCCC/C=C/[C@@H](O)[C@H](COP(=O)(O)OCCN)NC(=O)CCCCCCCCCCCCC/C=C\CCCCCCCC. The van der Waals surface area contributed by atoms with Gasteiger partial charge in [-0.25, -0.2) is 4.57 Å². The number of carbonyl (C=O) groups excluding carboxylic acids is 1. The predicted octanol–water partition coefficient (Wildman–Crippen LogP) is 10.2. The molecule has 0 aliphatic carbocycles. The molecular formula is C38H75N2O6P.